The molecule has 3 nitrogen and oxygen atoms in total. The van der Waals surface area contributed by atoms with Crippen molar-refractivity contribution in [2.45, 2.75) is 32.2 Å². The van der Waals surface area contributed by atoms with Crippen LogP contribution in [0.15, 0.2) is 0 Å². The normalized spacial score (nSPS) is 22.9. The van der Waals surface area contributed by atoms with E-state index in [1.165, 1.54) is 32.4 Å². The van der Waals surface area contributed by atoms with Crippen LogP contribution < -0.4 is 5.32 Å². The van der Waals surface area contributed by atoms with Gasteiger partial charge in [0.25, 0.3) is 0 Å². The van der Waals surface area contributed by atoms with Crippen molar-refractivity contribution in [2.24, 2.45) is 0 Å². The van der Waals surface area contributed by atoms with E-state index >= 15 is 0 Å². The third-order valence-electron chi connectivity index (χ3n) is 2.88. The number of hydrogen-bond donors (Lipinski definition) is 1. The fourth-order valence-electron chi connectivity index (χ4n) is 2.12. The summed E-state index contributed by atoms with van der Waals surface area (Å²) in [5, 5.41) is 3.47. The molecular formula is C11H24N2O. The molecule has 0 amide bonds. The Hall–Kier alpha value is -0.120. The highest BCUT2D eigenvalue weighted by atomic mass is 16.5. The van der Waals surface area contributed by atoms with Crippen LogP contribution in [0.25, 0.3) is 0 Å². The SMILES string of the molecule is CCCN(CCOC)C1CCCNC1. The maximum absolute atomic E-state index is 5.15. The van der Waals surface area contributed by atoms with Gasteiger partial charge >= 0.3 is 0 Å². The molecule has 1 N–H and O–H groups in total. The lowest BCUT2D eigenvalue weighted by Crippen LogP contribution is -2.47. The van der Waals surface area contributed by atoms with Gasteiger partial charge in [0.1, 0.15) is 0 Å². The monoisotopic (exact) mass is 200 g/mol. The van der Waals surface area contributed by atoms with Crippen LogP contribution in [0.5, 0.6) is 0 Å². The molecule has 1 atom stereocenters. The Morgan fingerprint density at radius 2 is 2.29 bits per heavy atom. The zero-order valence-corrected chi connectivity index (χ0v) is 9.59. The molecule has 1 saturated heterocycles. The van der Waals surface area contributed by atoms with Crippen LogP contribution in [-0.4, -0.2) is 50.8 Å². The van der Waals surface area contributed by atoms with E-state index in [0.717, 1.165) is 25.7 Å². The molecule has 0 aliphatic carbocycles. The summed E-state index contributed by atoms with van der Waals surface area (Å²) >= 11 is 0. The standard InChI is InChI=1S/C11H24N2O/c1-3-7-13(8-9-14-2)11-5-4-6-12-10-11/h11-12H,3-10H2,1-2H3. The summed E-state index contributed by atoms with van der Waals surface area (Å²) in [4.78, 5) is 2.57. The number of rotatable bonds is 6. The van der Waals surface area contributed by atoms with Gasteiger partial charge < -0.3 is 10.1 Å². The summed E-state index contributed by atoms with van der Waals surface area (Å²) in [6.45, 7) is 7.74. The molecule has 1 rings (SSSR count). The highest BCUT2D eigenvalue weighted by Crippen LogP contribution is 2.10. The quantitative estimate of drug-likeness (QED) is 0.695. The Morgan fingerprint density at radius 3 is 2.86 bits per heavy atom. The Balaban J connectivity index is 2.30. The fraction of sp³-hybridized carbons (Fsp3) is 1.00. The van der Waals surface area contributed by atoms with Crippen LogP contribution in [0.4, 0.5) is 0 Å². The van der Waals surface area contributed by atoms with Gasteiger partial charge in [-0.25, -0.2) is 0 Å². The Labute approximate surface area is 87.8 Å². The van der Waals surface area contributed by atoms with Crippen LogP contribution in [0.1, 0.15) is 26.2 Å². The molecule has 1 fully saturated rings. The van der Waals surface area contributed by atoms with Gasteiger partial charge in [0, 0.05) is 26.2 Å². The molecule has 1 unspecified atom stereocenters. The number of nitrogens with zero attached hydrogens (tertiary/aromatic N) is 1. The second-order valence-electron chi connectivity index (χ2n) is 4.03. The minimum absolute atomic E-state index is 0.735. The van der Waals surface area contributed by atoms with Gasteiger partial charge in [-0.2, -0.15) is 0 Å². The van der Waals surface area contributed by atoms with Gasteiger partial charge in [-0.15, -0.1) is 0 Å². The van der Waals surface area contributed by atoms with Crippen molar-refractivity contribution in [2.75, 3.05) is 39.9 Å². The van der Waals surface area contributed by atoms with Crippen molar-refractivity contribution in [1.82, 2.24) is 10.2 Å². The Kier molecular flexibility index (Phi) is 6.15. The summed E-state index contributed by atoms with van der Waals surface area (Å²) in [7, 11) is 1.78. The molecule has 3 heteroatoms. The van der Waals surface area contributed by atoms with E-state index in [1.54, 1.807) is 7.11 Å². The zero-order chi connectivity index (χ0) is 10.2. The predicted molar refractivity (Wildman–Crippen MR) is 59.6 cm³/mol. The van der Waals surface area contributed by atoms with E-state index in [0.29, 0.717) is 0 Å². The minimum Gasteiger partial charge on any atom is -0.383 e. The first-order valence-corrected chi connectivity index (χ1v) is 5.82. The molecule has 1 heterocycles. The minimum atomic E-state index is 0.735. The van der Waals surface area contributed by atoms with Crippen molar-refractivity contribution in [3.05, 3.63) is 0 Å². The first-order valence-electron chi connectivity index (χ1n) is 5.82. The first-order chi connectivity index (χ1) is 6.88. The lowest BCUT2D eigenvalue weighted by atomic mass is 10.1. The van der Waals surface area contributed by atoms with Crippen molar-refractivity contribution in [1.29, 1.82) is 0 Å². The molecule has 0 aromatic rings. The van der Waals surface area contributed by atoms with Crippen LogP contribution in [0.2, 0.25) is 0 Å². The molecule has 0 bridgehead atoms. The zero-order valence-electron chi connectivity index (χ0n) is 9.59. The molecule has 1 aliphatic rings. The van der Waals surface area contributed by atoms with Gasteiger partial charge in [-0.1, -0.05) is 6.92 Å². The van der Waals surface area contributed by atoms with Crippen LogP contribution in [0, 0.1) is 0 Å². The van der Waals surface area contributed by atoms with Gasteiger partial charge in [-0.05, 0) is 32.4 Å². The molecule has 0 aromatic carbocycles. The van der Waals surface area contributed by atoms with Crippen LogP contribution >= 0.6 is 0 Å². The van der Waals surface area contributed by atoms with E-state index in [9.17, 15) is 0 Å². The second kappa shape index (κ2) is 7.21. The highest BCUT2D eigenvalue weighted by Gasteiger charge is 2.19. The lowest BCUT2D eigenvalue weighted by molar-refractivity contribution is 0.107. The molecular weight excluding hydrogens is 176 g/mol. The maximum Gasteiger partial charge on any atom is 0.0589 e. The molecule has 14 heavy (non-hydrogen) atoms. The van der Waals surface area contributed by atoms with Crippen LogP contribution in [0.3, 0.4) is 0 Å². The Bertz CT molecular complexity index is 135. The molecule has 0 radical (unpaired) electrons. The summed E-state index contributed by atoms with van der Waals surface area (Å²) in [5.41, 5.74) is 0. The van der Waals surface area contributed by atoms with E-state index in [1.807, 2.05) is 0 Å². The number of ether oxygens (including phenoxy) is 1. The Morgan fingerprint density at radius 1 is 1.43 bits per heavy atom. The van der Waals surface area contributed by atoms with Crippen molar-refractivity contribution < 1.29 is 4.74 Å². The first kappa shape index (κ1) is 12.0. The number of piperidine rings is 1. The molecule has 84 valence electrons. The molecule has 0 spiro atoms. The largest absolute Gasteiger partial charge is 0.383 e. The van der Waals surface area contributed by atoms with E-state index < -0.39 is 0 Å². The van der Waals surface area contributed by atoms with Crippen LogP contribution in [-0.2, 0) is 4.74 Å². The fourth-order valence-corrected chi connectivity index (χ4v) is 2.12. The number of methoxy groups -OCH3 is 1. The molecule has 1 aliphatic heterocycles. The van der Waals surface area contributed by atoms with Gasteiger partial charge in [-0.3, -0.25) is 4.90 Å². The topological polar surface area (TPSA) is 24.5 Å². The summed E-state index contributed by atoms with van der Waals surface area (Å²) in [6.07, 6.45) is 3.90. The lowest BCUT2D eigenvalue weighted by Gasteiger charge is -2.34. The van der Waals surface area contributed by atoms with Gasteiger partial charge in [0.2, 0.25) is 0 Å². The third-order valence-corrected chi connectivity index (χ3v) is 2.88. The average molecular weight is 200 g/mol. The third kappa shape index (κ3) is 3.95. The predicted octanol–water partition coefficient (Wildman–Crippen LogP) is 1.10. The number of hydrogen-bond acceptors (Lipinski definition) is 3. The van der Waals surface area contributed by atoms with E-state index in [2.05, 4.69) is 17.1 Å². The van der Waals surface area contributed by atoms with E-state index in [-0.39, 0.29) is 0 Å². The van der Waals surface area contributed by atoms with E-state index in [4.69, 9.17) is 4.74 Å². The summed E-state index contributed by atoms with van der Waals surface area (Å²) in [5.74, 6) is 0. The van der Waals surface area contributed by atoms with Crippen molar-refractivity contribution in [3.8, 4) is 0 Å². The maximum atomic E-state index is 5.15. The van der Waals surface area contributed by atoms with Gasteiger partial charge in [0.05, 0.1) is 6.61 Å². The summed E-state index contributed by atoms with van der Waals surface area (Å²) in [6, 6.07) is 0.735. The van der Waals surface area contributed by atoms with Crippen molar-refractivity contribution >= 4 is 0 Å². The summed E-state index contributed by atoms with van der Waals surface area (Å²) < 4.78 is 5.15. The van der Waals surface area contributed by atoms with Crippen molar-refractivity contribution in [3.63, 3.8) is 0 Å². The smallest absolute Gasteiger partial charge is 0.0589 e. The number of nitrogens with one attached hydrogen (secondary N) is 1. The molecule has 0 saturated carbocycles. The molecule has 0 aromatic heterocycles. The highest BCUT2D eigenvalue weighted by molar-refractivity contribution is 4.78. The second-order valence-corrected chi connectivity index (χ2v) is 4.03. The average Bonchev–Trinajstić information content (AvgIpc) is 2.25. The van der Waals surface area contributed by atoms with Gasteiger partial charge in [0.15, 0.2) is 0 Å².